The Hall–Kier alpha value is -1.31. The summed E-state index contributed by atoms with van der Waals surface area (Å²) in [7, 11) is 0. The molecule has 0 unspecified atom stereocenters. The molecule has 0 aromatic heterocycles. The Morgan fingerprint density at radius 1 is 1.36 bits per heavy atom. The van der Waals surface area contributed by atoms with Gasteiger partial charge in [-0.25, -0.2) is 0 Å². The summed E-state index contributed by atoms with van der Waals surface area (Å²) in [5, 5.41) is 3.42. The van der Waals surface area contributed by atoms with Gasteiger partial charge in [0.25, 0.3) is 0 Å². The number of nitrogens with one attached hydrogen (secondary N) is 1. The minimum atomic E-state index is 0.351. The van der Waals surface area contributed by atoms with E-state index < -0.39 is 0 Å². The fourth-order valence-electron chi connectivity index (χ4n) is 1.89. The molecule has 0 radical (unpaired) electrons. The first kappa shape index (κ1) is 9.25. The molecule has 1 aromatic rings. The molecule has 0 saturated heterocycles. The number of carbonyl (C=O) groups is 1. The van der Waals surface area contributed by atoms with Gasteiger partial charge in [-0.2, -0.15) is 0 Å². The van der Waals surface area contributed by atoms with Gasteiger partial charge < -0.3 is 5.32 Å². The van der Waals surface area contributed by atoms with E-state index in [1.807, 2.05) is 12.1 Å². The van der Waals surface area contributed by atoms with Gasteiger partial charge in [0.05, 0.1) is 0 Å². The molecule has 1 aliphatic rings. The van der Waals surface area contributed by atoms with E-state index in [2.05, 4.69) is 24.4 Å². The summed E-state index contributed by atoms with van der Waals surface area (Å²) >= 11 is 0. The van der Waals surface area contributed by atoms with E-state index >= 15 is 0 Å². The van der Waals surface area contributed by atoms with Gasteiger partial charge in [-0.05, 0) is 25.0 Å². The molecule has 1 atom stereocenters. The first-order chi connectivity index (χ1) is 6.75. The van der Waals surface area contributed by atoms with Crippen LogP contribution in [0.5, 0.6) is 0 Å². The molecule has 1 saturated carbocycles. The number of para-hydroxylation sites is 1. The largest absolute Gasteiger partial charge is 0.382 e. The molecular formula is C12H15NO. The van der Waals surface area contributed by atoms with Crippen molar-refractivity contribution >= 4 is 11.5 Å². The molecule has 2 rings (SSSR count). The molecule has 0 bridgehead atoms. The van der Waals surface area contributed by atoms with Crippen LogP contribution in [0.15, 0.2) is 24.3 Å². The maximum absolute atomic E-state index is 11.1. The van der Waals surface area contributed by atoms with Gasteiger partial charge in [0.1, 0.15) is 5.78 Å². The van der Waals surface area contributed by atoms with Crippen LogP contribution in [0.1, 0.15) is 24.8 Å². The number of ketones is 1. The minimum absolute atomic E-state index is 0.351. The van der Waals surface area contributed by atoms with Crippen molar-refractivity contribution in [3.05, 3.63) is 29.8 Å². The maximum Gasteiger partial charge on any atom is 0.135 e. The van der Waals surface area contributed by atoms with Gasteiger partial charge >= 0.3 is 0 Å². The van der Waals surface area contributed by atoms with Crippen molar-refractivity contribution in [1.82, 2.24) is 0 Å². The molecular weight excluding hydrogens is 174 g/mol. The summed E-state index contributed by atoms with van der Waals surface area (Å²) in [6.07, 6.45) is 2.41. The van der Waals surface area contributed by atoms with Gasteiger partial charge in [-0.3, -0.25) is 4.79 Å². The van der Waals surface area contributed by atoms with Crippen molar-refractivity contribution in [1.29, 1.82) is 0 Å². The lowest BCUT2D eigenvalue weighted by Gasteiger charge is -2.14. The Bertz CT molecular complexity index is 346. The van der Waals surface area contributed by atoms with Crippen LogP contribution in [0.3, 0.4) is 0 Å². The zero-order chi connectivity index (χ0) is 9.97. The van der Waals surface area contributed by atoms with Crippen molar-refractivity contribution in [2.24, 2.45) is 0 Å². The van der Waals surface area contributed by atoms with Crippen molar-refractivity contribution in [2.45, 2.75) is 32.2 Å². The molecule has 74 valence electrons. The zero-order valence-corrected chi connectivity index (χ0v) is 8.42. The SMILES string of the molecule is Cc1ccccc1N[C@@H]1CCC(=O)C1. The Morgan fingerprint density at radius 2 is 2.14 bits per heavy atom. The summed E-state index contributed by atoms with van der Waals surface area (Å²) in [4.78, 5) is 11.1. The van der Waals surface area contributed by atoms with E-state index in [0.29, 0.717) is 18.2 Å². The fraction of sp³-hybridized carbons (Fsp3) is 0.417. The number of aryl methyl sites for hydroxylation is 1. The lowest BCUT2D eigenvalue weighted by atomic mass is 10.1. The summed E-state index contributed by atoms with van der Waals surface area (Å²) in [6.45, 7) is 2.08. The van der Waals surface area contributed by atoms with Crippen molar-refractivity contribution in [2.75, 3.05) is 5.32 Å². The van der Waals surface area contributed by atoms with Crippen LogP contribution in [0.4, 0.5) is 5.69 Å². The predicted molar refractivity (Wildman–Crippen MR) is 57.4 cm³/mol. The molecule has 2 nitrogen and oxygen atoms in total. The van der Waals surface area contributed by atoms with Gasteiger partial charge in [0.2, 0.25) is 0 Å². The molecule has 0 aliphatic heterocycles. The third-order valence-corrected chi connectivity index (χ3v) is 2.75. The highest BCUT2D eigenvalue weighted by atomic mass is 16.1. The van der Waals surface area contributed by atoms with E-state index in [0.717, 1.165) is 18.5 Å². The number of Topliss-reactive ketones (excluding diaryl/α,β-unsaturated/α-hetero) is 1. The standard InChI is InChI=1S/C12H15NO/c1-9-4-2-3-5-12(9)13-10-6-7-11(14)8-10/h2-5,10,13H,6-8H2,1H3/t10-/m1/s1. The van der Waals surface area contributed by atoms with Crippen LogP contribution in [-0.2, 0) is 4.79 Å². The average Bonchev–Trinajstić information content (AvgIpc) is 2.56. The number of anilines is 1. The monoisotopic (exact) mass is 189 g/mol. The normalized spacial score (nSPS) is 21.2. The Kier molecular flexibility index (Phi) is 2.53. The second kappa shape index (κ2) is 3.82. The highest BCUT2D eigenvalue weighted by molar-refractivity contribution is 5.82. The number of benzene rings is 1. The smallest absolute Gasteiger partial charge is 0.135 e. The van der Waals surface area contributed by atoms with Crippen LogP contribution in [-0.4, -0.2) is 11.8 Å². The summed E-state index contributed by atoms with van der Waals surface area (Å²) in [5.41, 5.74) is 2.40. The van der Waals surface area contributed by atoms with Crippen LogP contribution in [0.25, 0.3) is 0 Å². The molecule has 14 heavy (non-hydrogen) atoms. The second-order valence-corrected chi connectivity index (χ2v) is 3.94. The quantitative estimate of drug-likeness (QED) is 0.774. The molecule has 1 aromatic carbocycles. The lowest BCUT2D eigenvalue weighted by molar-refractivity contribution is -0.117. The van der Waals surface area contributed by atoms with Crippen molar-refractivity contribution in [3.8, 4) is 0 Å². The van der Waals surface area contributed by atoms with E-state index in [1.54, 1.807) is 0 Å². The van der Waals surface area contributed by atoms with E-state index in [9.17, 15) is 4.79 Å². The molecule has 1 aliphatic carbocycles. The van der Waals surface area contributed by atoms with Crippen molar-refractivity contribution < 1.29 is 4.79 Å². The first-order valence-electron chi connectivity index (χ1n) is 5.09. The van der Waals surface area contributed by atoms with E-state index in [1.165, 1.54) is 5.56 Å². The van der Waals surface area contributed by atoms with E-state index in [-0.39, 0.29) is 0 Å². The van der Waals surface area contributed by atoms with Crippen LogP contribution >= 0.6 is 0 Å². The highest BCUT2D eigenvalue weighted by Crippen LogP contribution is 2.21. The Morgan fingerprint density at radius 3 is 2.79 bits per heavy atom. The Balaban J connectivity index is 2.04. The molecule has 0 amide bonds. The van der Waals surface area contributed by atoms with E-state index in [4.69, 9.17) is 0 Å². The number of carbonyl (C=O) groups excluding carboxylic acids is 1. The van der Waals surface area contributed by atoms with Gasteiger partial charge in [0.15, 0.2) is 0 Å². The topological polar surface area (TPSA) is 29.1 Å². The molecule has 1 N–H and O–H groups in total. The molecule has 1 fully saturated rings. The number of rotatable bonds is 2. The summed E-state index contributed by atoms with van der Waals surface area (Å²) in [5.74, 6) is 0.385. The highest BCUT2D eigenvalue weighted by Gasteiger charge is 2.21. The van der Waals surface area contributed by atoms with Crippen LogP contribution < -0.4 is 5.32 Å². The first-order valence-corrected chi connectivity index (χ1v) is 5.09. The van der Waals surface area contributed by atoms with Crippen LogP contribution in [0.2, 0.25) is 0 Å². The lowest BCUT2D eigenvalue weighted by Crippen LogP contribution is -2.16. The average molecular weight is 189 g/mol. The van der Waals surface area contributed by atoms with Gasteiger partial charge in [0, 0.05) is 24.6 Å². The van der Waals surface area contributed by atoms with Crippen molar-refractivity contribution in [3.63, 3.8) is 0 Å². The maximum atomic E-state index is 11.1. The summed E-state index contributed by atoms with van der Waals surface area (Å²) < 4.78 is 0. The van der Waals surface area contributed by atoms with Crippen LogP contribution in [0, 0.1) is 6.92 Å². The fourth-order valence-corrected chi connectivity index (χ4v) is 1.89. The Labute approximate surface area is 84.3 Å². The third-order valence-electron chi connectivity index (χ3n) is 2.75. The minimum Gasteiger partial charge on any atom is -0.382 e. The van der Waals surface area contributed by atoms with Gasteiger partial charge in [-0.15, -0.1) is 0 Å². The molecule has 0 spiro atoms. The third kappa shape index (κ3) is 1.95. The summed E-state index contributed by atoms with van der Waals surface area (Å²) in [6, 6.07) is 8.55. The molecule has 0 heterocycles. The second-order valence-electron chi connectivity index (χ2n) is 3.94. The predicted octanol–water partition coefficient (Wildman–Crippen LogP) is 2.53. The zero-order valence-electron chi connectivity index (χ0n) is 8.42. The number of hydrogen-bond acceptors (Lipinski definition) is 2. The molecule has 2 heteroatoms. The van der Waals surface area contributed by atoms with Gasteiger partial charge in [-0.1, -0.05) is 18.2 Å². The number of hydrogen-bond donors (Lipinski definition) is 1.